The third-order valence-corrected chi connectivity index (χ3v) is 3.35. The molecule has 1 aromatic carbocycles. The van der Waals surface area contributed by atoms with Gasteiger partial charge >= 0.3 is 6.03 Å². The van der Waals surface area contributed by atoms with Crippen molar-refractivity contribution >= 4 is 17.6 Å². The average Bonchev–Trinajstić information content (AvgIpc) is 2.87. The summed E-state index contributed by atoms with van der Waals surface area (Å²) in [5, 5.41) is 9.37. The van der Waals surface area contributed by atoms with Gasteiger partial charge in [0.1, 0.15) is 0 Å². The molecule has 0 saturated carbocycles. The van der Waals surface area contributed by atoms with Gasteiger partial charge in [-0.3, -0.25) is 5.32 Å². The van der Waals surface area contributed by atoms with Gasteiger partial charge in [-0.1, -0.05) is 51.9 Å². The molecule has 2 N–H and O–H groups in total. The number of carbonyl (C=O) groups is 1. The SMILES string of the molecule is CC(C)c1ccc(NC(=O)Nc2cc(C(C)(C)C)no2)cc1. The highest BCUT2D eigenvalue weighted by Crippen LogP contribution is 2.23. The number of nitrogens with zero attached hydrogens (tertiary/aromatic N) is 1. The van der Waals surface area contributed by atoms with Crippen molar-refractivity contribution in [1.82, 2.24) is 5.16 Å². The minimum Gasteiger partial charge on any atom is -0.338 e. The number of amides is 2. The van der Waals surface area contributed by atoms with Crippen molar-refractivity contribution in [2.75, 3.05) is 10.6 Å². The molecule has 5 heteroatoms. The van der Waals surface area contributed by atoms with Crippen LogP contribution in [0.4, 0.5) is 16.4 Å². The van der Waals surface area contributed by atoms with Gasteiger partial charge in [-0.2, -0.15) is 0 Å². The van der Waals surface area contributed by atoms with Crippen LogP contribution in [0.25, 0.3) is 0 Å². The van der Waals surface area contributed by atoms with E-state index in [1.807, 2.05) is 45.0 Å². The van der Waals surface area contributed by atoms with Crippen LogP contribution in [0.3, 0.4) is 0 Å². The Balaban J connectivity index is 1.96. The van der Waals surface area contributed by atoms with Crippen LogP contribution in [0.5, 0.6) is 0 Å². The lowest BCUT2D eigenvalue weighted by Gasteiger charge is -2.12. The van der Waals surface area contributed by atoms with E-state index in [9.17, 15) is 4.79 Å². The van der Waals surface area contributed by atoms with Crippen molar-refractivity contribution in [1.29, 1.82) is 0 Å². The number of carbonyl (C=O) groups excluding carboxylic acids is 1. The molecule has 0 atom stereocenters. The first-order valence-electron chi connectivity index (χ1n) is 7.41. The van der Waals surface area contributed by atoms with Crippen LogP contribution in [0.1, 0.15) is 51.8 Å². The van der Waals surface area contributed by atoms with Crippen LogP contribution in [0.15, 0.2) is 34.9 Å². The number of benzene rings is 1. The maximum Gasteiger partial charge on any atom is 0.326 e. The number of aromatic nitrogens is 1. The molecule has 0 spiro atoms. The maximum absolute atomic E-state index is 11.9. The Bertz CT molecular complexity index is 637. The van der Waals surface area contributed by atoms with Crippen molar-refractivity contribution in [2.45, 2.75) is 46.0 Å². The Labute approximate surface area is 131 Å². The molecule has 5 nitrogen and oxygen atoms in total. The highest BCUT2D eigenvalue weighted by molar-refractivity contribution is 5.98. The molecule has 0 aliphatic heterocycles. The summed E-state index contributed by atoms with van der Waals surface area (Å²) >= 11 is 0. The first kappa shape index (κ1) is 16.1. The van der Waals surface area contributed by atoms with E-state index in [0.717, 1.165) is 11.4 Å². The number of anilines is 2. The molecule has 0 unspecified atom stereocenters. The Morgan fingerprint density at radius 1 is 1.14 bits per heavy atom. The predicted octanol–water partition coefficient (Wildman–Crippen LogP) is 4.74. The summed E-state index contributed by atoms with van der Waals surface area (Å²) in [6.07, 6.45) is 0. The molecule has 0 aliphatic rings. The maximum atomic E-state index is 11.9. The Morgan fingerprint density at radius 2 is 1.77 bits per heavy atom. The Morgan fingerprint density at radius 3 is 2.27 bits per heavy atom. The van der Waals surface area contributed by atoms with E-state index >= 15 is 0 Å². The van der Waals surface area contributed by atoms with Gasteiger partial charge in [0.15, 0.2) is 0 Å². The molecule has 2 rings (SSSR count). The van der Waals surface area contributed by atoms with Crippen LogP contribution >= 0.6 is 0 Å². The van der Waals surface area contributed by atoms with Crippen LogP contribution in [-0.4, -0.2) is 11.2 Å². The fourth-order valence-electron chi connectivity index (χ4n) is 1.91. The molecule has 2 aromatic rings. The second-order valence-electron chi connectivity index (χ2n) is 6.68. The first-order chi connectivity index (χ1) is 10.3. The topological polar surface area (TPSA) is 67.2 Å². The third-order valence-electron chi connectivity index (χ3n) is 3.35. The minimum atomic E-state index is -0.353. The fraction of sp³-hybridized carbons (Fsp3) is 0.412. The molecule has 1 aromatic heterocycles. The smallest absolute Gasteiger partial charge is 0.326 e. The van der Waals surface area contributed by atoms with Gasteiger partial charge < -0.3 is 9.84 Å². The summed E-state index contributed by atoms with van der Waals surface area (Å²) in [5.41, 5.74) is 2.64. The second kappa shape index (κ2) is 6.22. The largest absolute Gasteiger partial charge is 0.338 e. The predicted molar refractivity (Wildman–Crippen MR) is 88.4 cm³/mol. The summed E-state index contributed by atoms with van der Waals surface area (Å²) < 4.78 is 5.13. The molecule has 0 bridgehead atoms. The van der Waals surface area contributed by atoms with Crippen LogP contribution in [0, 0.1) is 0 Å². The zero-order valence-electron chi connectivity index (χ0n) is 13.7. The summed E-state index contributed by atoms with van der Waals surface area (Å²) in [6.45, 7) is 10.4. The molecule has 0 saturated heterocycles. The number of urea groups is 1. The monoisotopic (exact) mass is 301 g/mol. The van der Waals surface area contributed by atoms with Gasteiger partial charge in [-0.15, -0.1) is 0 Å². The molecule has 22 heavy (non-hydrogen) atoms. The molecular formula is C17H23N3O2. The lowest BCUT2D eigenvalue weighted by molar-refractivity contribution is 0.261. The normalized spacial score (nSPS) is 11.5. The van der Waals surface area contributed by atoms with Gasteiger partial charge in [0.2, 0.25) is 5.88 Å². The van der Waals surface area contributed by atoms with Crippen LogP contribution < -0.4 is 10.6 Å². The fourth-order valence-corrected chi connectivity index (χ4v) is 1.91. The van der Waals surface area contributed by atoms with E-state index in [1.165, 1.54) is 5.56 Å². The van der Waals surface area contributed by atoms with E-state index < -0.39 is 0 Å². The number of rotatable bonds is 3. The van der Waals surface area contributed by atoms with Crippen molar-refractivity contribution < 1.29 is 9.32 Å². The lowest BCUT2D eigenvalue weighted by Crippen LogP contribution is -2.19. The van der Waals surface area contributed by atoms with Gasteiger partial charge in [-0.25, -0.2) is 4.79 Å². The Kier molecular flexibility index (Phi) is 4.54. The van der Waals surface area contributed by atoms with Crippen LogP contribution in [-0.2, 0) is 5.41 Å². The lowest BCUT2D eigenvalue weighted by atomic mass is 9.92. The highest BCUT2D eigenvalue weighted by atomic mass is 16.5. The molecule has 0 radical (unpaired) electrons. The highest BCUT2D eigenvalue weighted by Gasteiger charge is 2.19. The summed E-state index contributed by atoms with van der Waals surface area (Å²) in [7, 11) is 0. The minimum absolute atomic E-state index is 0.118. The first-order valence-corrected chi connectivity index (χ1v) is 7.41. The van der Waals surface area contributed by atoms with Gasteiger partial charge in [-0.05, 0) is 23.6 Å². The third kappa shape index (κ3) is 4.10. The molecular weight excluding hydrogens is 278 g/mol. The summed E-state index contributed by atoms with van der Waals surface area (Å²) in [5.74, 6) is 0.800. The molecule has 0 aliphatic carbocycles. The van der Waals surface area contributed by atoms with E-state index in [4.69, 9.17) is 4.52 Å². The van der Waals surface area contributed by atoms with Gasteiger partial charge in [0.05, 0.1) is 5.69 Å². The van der Waals surface area contributed by atoms with Crippen molar-refractivity contribution in [3.05, 3.63) is 41.6 Å². The molecule has 0 fully saturated rings. The van der Waals surface area contributed by atoms with Gasteiger partial charge in [0, 0.05) is 17.2 Å². The number of hydrogen-bond donors (Lipinski definition) is 2. The summed E-state index contributed by atoms with van der Waals surface area (Å²) in [4.78, 5) is 11.9. The van der Waals surface area contributed by atoms with Crippen molar-refractivity contribution in [3.8, 4) is 0 Å². The quantitative estimate of drug-likeness (QED) is 0.860. The molecule has 118 valence electrons. The zero-order chi connectivity index (χ0) is 16.3. The Hall–Kier alpha value is -2.30. The standard InChI is InChI=1S/C17H23N3O2/c1-11(2)12-6-8-13(9-7-12)18-16(21)19-15-10-14(20-22-15)17(3,4)5/h6-11H,1-5H3,(H2,18,19,21). The van der Waals surface area contributed by atoms with E-state index in [0.29, 0.717) is 11.8 Å². The average molecular weight is 301 g/mol. The van der Waals surface area contributed by atoms with E-state index in [2.05, 4.69) is 29.6 Å². The zero-order valence-corrected chi connectivity index (χ0v) is 13.7. The summed E-state index contributed by atoms with van der Waals surface area (Å²) in [6, 6.07) is 9.17. The second-order valence-corrected chi connectivity index (χ2v) is 6.68. The van der Waals surface area contributed by atoms with E-state index in [1.54, 1.807) is 6.07 Å². The van der Waals surface area contributed by atoms with Crippen molar-refractivity contribution in [3.63, 3.8) is 0 Å². The van der Waals surface area contributed by atoms with Crippen molar-refractivity contribution in [2.24, 2.45) is 0 Å². The molecule has 2 amide bonds. The van der Waals surface area contributed by atoms with Crippen LogP contribution in [0.2, 0.25) is 0 Å². The number of nitrogens with one attached hydrogen (secondary N) is 2. The molecule has 1 heterocycles. The van der Waals surface area contributed by atoms with E-state index in [-0.39, 0.29) is 11.4 Å². The van der Waals surface area contributed by atoms with Gasteiger partial charge in [0.25, 0.3) is 0 Å². The number of hydrogen-bond acceptors (Lipinski definition) is 3.